The average molecular weight is 477 g/mol. The van der Waals surface area contributed by atoms with Gasteiger partial charge in [-0.3, -0.25) is 14.5 Å². The van der Waals surface area contributed by atoms with Crippen molar-refractivity contribution >= 4 is 24.2 Å². The van der Waals surface area contributed by atoms with Gasteiger partial charge in [-0.25, -0.2) is 0 Å². The molecule has 0 unspecified atom stereocenters. The first-order valence-corrected chi connectivity index (χ1v) is 10.8. The second-order valence-corrected chi connectivity index (χ2v) is 8.34. The maximum Gasteiger partial charge on any atom is 0.260 e. The summed E-state index contributed by atoms with van der Waals surface area (Å²) >= 11 is 0. The quantitative estimate of drug-likeness (QED) is 0.417. The van der Waals surface area contributed by atoms with Gasteiger partial charge in [0.05, 0.1) is 26.7 Å². The van der Waals surface area contributed by atoms with E-state index in [0.717, 1.165) is 24.1 Å². The summed E-state index contributed by atoms with van der Waals surface area (Å²) in [6.45, 7) is 5.59. The van der Waals surface area contributed by atoms with Crippen molar-refractivity contribution in [3.8, 4) is 17.2 Å². The summed E-state index contributed by atoms with van der Waals surface area (Å²) in [6, 6.07) is 11.2. The van der Waals surface area contributed by atoms with Crippen LogP contribution in [0.25, 0.3) is 0 Å². The molecule has 0 spiro atoms. The molecule has 0 aromatic heterocycles. The molecule has 0 saturated carbocycles. The Bertz CT molecular complexity index is 993. The number of amides is 2. The summed E-state index contributed by atoms with van der Waals surface area (Å²) in [7, 11) is 4.81. The first kappa shape index (κ1) is 26.5. The summed E-state index contributed by atoms with van der Waals surface area (Å²) in [5.74, 6) is 1.62. The number of nitrogens with zero attached hydrogens (tertiary/aromatic N) is 1. The Morgan fingerprint density at radius 3 is 2.30 bits per heavy atom. The fourth-order valence-electron chi connectivity index (χ4n) is 4.02. The van der Waals surface area contributed by atoms with E-state index in [0.29, 0.717) is 42.3 Å². The molecule has 2 amide bonds. The fraction of sp³-hybridized carbons (Fsp3) is 0.440. The van der Waals surface area contributed by atoms with Crippen LogP contribution in [0, 0.1) is 0 Å². The van der Waals surface area contributed by atoms with Crippen molar-refractivity contribution in [3.05, 3.63) is 53.1 Å². The van der Waals surface area contributed by atoms with Gasteiger partial charge in [0.2, 0.25) is 5.91 Å². The highest BCUT2D eigenvalue weighted by Gasteiger charge is 2.44. The Morgan fingerprint density at radius 2 is 1.64 bits per heavy atom. The summed E-state index contributed by atoms with van der Waals surface area (Å²) in [5.41, 5.74) is 1.67. The molecule has 8 heteroatoms. The monoisotopic (exact) mass is 476 g/mol. The molecule has 2 aromatic carbocycles. The number of nitrogens with one attached hydrogen (secondary N) is 1. The summed E-state index contributed by atoms with van der Waals surface area (Å²) in [5, 5.41) is 3.39. The second-order valence-electron chi connectivity index (χ2n) is 8.34. The first-order valence-electron chi connectivity index (χ1n) is 10.8. The summed E-state index contributed by atoms with van der Waals surface area (Å²) in [4.78, 5) is 27.4. The molecule has 0 radical (unpaired) electrons. The molecule has 3 rings (SSSR count). The minimum absolute atomic E-state index is 0. The van der Waals surface area contributed by atoms with Crippen molar-refractivity contribution < 1.29 is 23.8 Å². The third-order valence-electron chi connectivity index (χ3n) is 5.93. The van der Waals surface area contributed by atoms with E-state index in [2.05, 4.69) is 5.32 Å². The van der Waals surface area contributed by atoms with Crippen molar-refractivity contribution in [2.24, 2.45) is 0 Å². The zero-order chi connectivity index (χ0) is 23.3. The van der Waals surface area contributed by atoms with E-state index in [-0.39, 0.29) is 24.2 Å². The van der Waals surface area contributed by atoms with E-state index < -0.39 is 5.41 Å². The number of ether oxygens (including phenoxy) is 3. The van der Waals surface area contributed by atoms with Crippen LogP contribution in [0.4, 0.5) is 0 Å². The van der Waals surface area contributed by atoms with Crippen molar-refractivity contribution in [2.75, 3.05) is 41.0 Å². The van der Waals surface area contributed by atoms with Crippen LogP contribution < -0.4 is 19.5 Å². The highest BCUT2D eigenvalue weighted by Crippen LogP contribution is 2.36. The predicted octanol–water partition coefficient (Wildman–Crippen LogP) is 3.62. The number of hydrogen-bond donors (Lipinski definition) is 1. The third-order valence-corrected chi connectivity index (χ3v) is 5.93. The highest BCUT2D eigenvalue weighted by molar-refractivity contribution is 6.13. The molecule has 0 atom stereocenters. The second kappa shape index (κ2) is 11.4. The zero-order valence-electron chi connectivity index (χ0n) is 19.9. The smallest absolute Gasteiger partial charge is 0.260 e. The maximum atomic E-state index is 13.0. The van der Waals surface area contributed by atoms with Gasteiger partial charge in [0, 0.05) is 12.1 Å². The molecule has 7 nitrogen and oxygen atoms in total. The van der Waals surface area contributed by atoms with Crippen molar-refractivity contribution in [1.29, 1.82) is 0 Å². The zero-order valence-corrected chi connectivity index (χ0v) is 20.7. The molecule has 0 fully saturated rings. The van der Waals surface area contributed by atoms with Crippen LogP contribution in [0.5, 0.6) is 17.2 Å². The van der Waals surface area contributed by atoms with Gasteiger partial charge in [0.1, 0.15) is 5.75 Å². The predicted molar refractivity (Wildman–Crippen MR) is 130 cm³/mol. The molecule has 180 valence electrons. The number of imide groups is 1. The number of halogens is 1. The van der Waals surface area contributed by atoms with Gasteiger partial charge in [-0.05, 0) is 75.2 Å². The highest BCUT2D eigenvalue weighted by atomic mass is 35.5. The lowest BCUT2D eigenvalue weighted by molar-refractivity contribution is -0.134. The number of hydrogen-bond acceptors (Lipinski definition) is 6. The van der Waals surface area contributed by atoms with Gasteiger partial charge in [0.15, 0.2) is 11.5 Å². The van der Waals surface area contributed by atoms with Gasteiger partial charge in [0.25, 0.3) is 5.91 Å². The van der Waals surface area contributed by atoms with Crippen molar-refractivity contribution in [1.82, 2.24) is 10.2 Å². The third kappa shape index (κ3) is 5.60. The minimum Gasteiger partial charge on any atom is -0.497 e. The summed E-state index contributed by atoms with van der Waals surface area (Å²) in [6.07, 6.45) is 1.51. The maximum absolute atomic E-state index is 13.0. The lowest BCUT2D eigenvalue weighted by Gasteiger charge is -2.37. The van der Waals surface area contributed by atoms with E-state index in [1.807, 2.05) is 38.1 Å². The number of carbonyl (C=O) groups excluding carboxylic acids is 2. The van der Waals surface area contributed by atoms with E-state index in [1.165, 1.54) is 4.90 Å². The Kier molecular flexibility index (Phi) is 9.14. The lowest BCUT2D eigenvalue weighted by Crippen LogP contribution is -2.52. The van der Waals surface area contributed by atoms with Crippen molar-refractivity contribution in [3.63, 3.8) is 0 Å². The Morgan fingerprint density at radius 1 is 0.909 bits per heavy atom. The normalized spacial score (nSPS) is 14.4. The Balaban J connectivity index is 0.00000385. The van der Waals surface area contributed by atoms with E-state index in [9.17, 15) is 9.59 Å². The van der Waals surface area contributed by atoms with Crippen LogP contribution in [0.2, 0.25) is 0 Å². The standard InChI is InChI=1S/C25H32N2O5.ClH/c1-25(2)20-9-8-18(30-3)16-19(20)23(28)27(24(25)29)14-6-12-26-13-11-17-7-10-21(31-4)22(15-17)32-5;/h7-10,15-16,26H,6,11-14H2,1-5H3;1H. The molecule has 1 aliphatic rings. The number of methoxy groups -OCH3 is 3. The van der Waals surface area contributed by atoms with Crippen LogP contribution in [0.15, 0.2) is 36.4 Å². The molecule has 2 aromatic rings. The minimum atomic E-state index is -0.754. The molecule has 1 heterocycles. The Labute approximate surface area is 201 Å². The first-order chi connectivity index (χ1) is 15.3. The SMILES string of the molecule is COc1ccc2c(c1)C(=O)N(CCCNCCc1ccc(OC)c(OC)c1)C(=O)C2(C)C.Cl. The molecule has 0 bridgehead atoms. The van der Waals surface area contributed by atoms with E-state index >= 15 is 0 Å². The van der Waals surface area contributed by atoms with Crippen LogP contribution in [0.1, 0.15) is 41.8 Å². The molecule has 1 aliphatic heterocycles. The Hall–Kier alpha value is -2.77. The lowest BCUT2D eigenvalue weighted by atomic mass is 9.77. The molecule has 1 N–H and O–H groups in total. The average Bonchev–Trinajstić information content (AvgIpc) is 2.81. The molecule has 0 saturated heterocycles. The molecular formula is C25H33ClN2O5. The van der Waals surface area contributed by atoms with Crippen LogP contribution >= 0.6 is 12.4 Å². The molecule has 0 aliphatic carbocycles. The largest absolute Gasteiger partial charge is 0.497 e. The van der Waals surface area contributed by atoms with E-state index in [1.54, 1.807) is 33.5 Å². The number of benzene rings is 2. The fourth-order valence-corrected chi connectivity index (χ4v) is 4.02. The van der Waals surface area contributed by atoms with Gasteiger partial charge in [-0.1, -0.05) is 12.1 Å². The molecule has 33 heavy (non-hydrogen) atoms. The van der Waals surface area contributed by atoms with Gasteiger partial charge >= 0.3 is 0 Å². The van der Waals surface area contributed by atoms with E-state index in [4.69, 9.17) is 14.2 Å². The van der Waals surface area contributed by atoms with Gasteiger partial charge < -0.3 is 19.5 Å². The summed E-state index contributed by atoms with van der Waals surface area (Å²) < 4.78 is 15.9. The number of carbonyl (C=O) groups is 2. The molecular weight excluding hydrogens is 444 g/mol. The topological polar surface area (TPSA) is 77.1 Å². The van der Waals surface area contributed by atoms with Crippen LogP contribution in [-0.2, 0) is 16.6 Å². The van der Waals surface area contributed by atoms with Gasteiger partial charge in [-0.2, -0.15) is 0 Å². The van der Waals surface area contributed by atoms with Crippen LogP contribution in [-0.4, -0.2) is 57.7 Å². The van der Waals surface area contributed by atoms with Gasteiger partial charge in [-0.15, -0.1) is 12.4 Å². The number of rotatable bonds is 10. The van der Waals surface area contributed by atoms with Crippen molar-refractivity contribution in [2.45, 2.75) is 32.1 Å². The number of fused-ring (bicyclic) bond motifs is 1. The van der Waals surface area contributed by atoms with Crippen LogP contribution in [0.3, 0.4) is 0 Å².